The van der Waals surface area contributed by atoms with Crippen LogP contribution in [0.25, 0.3) is 0 Å². The minimum atomic E-state index is -0.0563. The highest BCUT2D eigenvalue weighted by Gasteiger charge is 2.24. The van der Waals surface area contributed by atoms with Crippen molar-refractivity contribution in [3.8, 4) is 0 Å². The van der Waals surface area contributed by atoms with Crippen molar-refractivity contribution in [2.24, 2.45) is 0 Å². The topological polar surface area (TPSA) is 61.4 Å². The van der Waals surface area contributed by atoms with Crippen LogP contribution in [0.2, 0.25) is 0 Å². The van der Waals surface area contributed by atoms with Crippen LogP contribution in [-0.2, 0) is 9.59 Å². The molecule has 2 unspecified atom stereocenters. The first-order chi connectivity index (χ1) is 9.16. The van der Waals surface area contributed by atoms with E-state index in [9.17, 15) is 9.59 Å². The highest BCUT2D eigenvalue weighted by molar-refractivity contribution is 5.82. The molecule has 0 bridgehead atoms. The van der Waals surface area contributed by atoms with E-state index in [0.717, 1.165) is 38.8 Å². The number of nitrogens with one attached hydrogen (secondary N) is 2. The van der Waals surface area contributed by atoms with E-state index in [0.29, 0.717) is 13.0 Å². The maximum atomic E-state index is 12.1. The molecule has 2 aliphatic heterocycles. The summed E-state index contributed by atoms with van der Waals surface area (Å²) in [7, 11) is 0. The van der Waals surface area contributed by atoms with Crippen molar-refractivity contribution in [1.29, 1.82) is 0 Å². The molecule has 0 aromatic heterocycles. The molecule has 2 amide bonds. The van der Waals surface area contributed by atoms with Gasteiger partial charge in [0, 0.05) is 25.6 Å². The second-order valence-electron chi connectivity index (χ2n) is 5.71. The van der Waals surface area contributed by atoms with Gasteiger partial charge in [0.25, 0.3) is 0 Å². The van der Waals surface area contributed by atoms with Crippen LogP contribution in [0, 0.1) is 0 Å². The lowest BCUT2D eigenvalue weighted by Crippen LogP contribution is -2.49. The van der Waals surface area contributed by atoms with Crippen molar-refractivity contribution >= 4 is 11.8 Å². The molecule has 2 atom stereocenters. The summed E-state index contributed by atoms with van der Waals surface area (Å²) in [5, 5.41) is 6.33. The number of carbonyl (C=O) groups excluding carboxylic acids is 2. The van der Waals surface area contributed by atoms with Gasteiger partial charge in [0.1, 0.15) is 0 Å². The van der Waals surface area contributed by atoms with Gasteiger partial charge >= 0.3 is 0 Å². The fourth-order valence-corrected chi connectivity index (χ4v) is 2.87. The summed E-state index contributed by atoms with van der Waals surface area (Å²) >= 11 is 0. The largest absolute Gasteiger partial charge is 0.351 e. The lowest BCUT2D eigenvalue weighted by molar-refractivity contribution is -0.129. The van der Waals surface area contributed by atoms with Crippen molar-refractivity contribution in [1.82, 2.24) is 15.5 Å². The molecule has 2 rings (SSSR count). The highest BCUT2D eigenvalue weighted by atomic mass is 16.2. The van der Waals surface area contributed by atoms with Crippen LogP contribution in [0.4, 0.5) is 0 Å². The Morgan fingerprint density at radius 2 is 2.26 bits per heavy atom. The predicted molar refractivity (Wildman–Crippen MR) is 73.7 cm³/mol. The number of amides is 2. The molecule has 5 nitrogen and oxygen atoms in total. The van der Waals surface area contributed by atoms with E-state index in [2.05, 4.69) is 10.6 Å². The van der Waals surface area contributed by atoms with Crippen molar-refractivity contribution < 1.29 is 9.59 Å². The maximum absolute atomic E-state index is 12.1. The van der Waals surface area contributed by atoms with E-state index >= 15 is 0 Å². The first kappa shape index (κ1) is 14.3. The molecular formula is C14H25N3O2. The Kier molecular flexibility index (Phi) is 5.19. The van der Waals surface area contributed by atoms with Crippen LogP contribution >= 0.6 is 0 Å². The molecule has 108 valence electrons. The summed E-state index contributed by atoms with van der Waals surface area (Å²) < 4.78 is 0. The quantitative estimate of drug-likeness (QED) is 0.786. The number of nitrogens with zero attached hydrogens (tertiary/aromatic N) is 1. The number of likely N-dealkylation sites (tertiary alicyclic amines) is 1. The van der Waals surface area contributed by atoms with Crippen LogP contribution < -0.4 is 10.6 Å². The second-order valence-corrected chi connectivity index (χ2v) is 5.71. The van der Waals surface area contributed by atoms with E-state index in [-0.39, 0.29) is 23.9 Å². The standard InChI is InChI=1S/C14H25N3O2/c1-11(10-17-9-5-7-13(17)18)16-14(19)12-6-3-2-4-8-15-12/h11-12,15H,2-10H2,1H3,(H,16,19). The first-order valence-electron chi connectivity index (χ1n) is 7.48. The average Bonchev–Trinajstić information content (AvgIpc) is 2.66. The van der Waals surface area contributed by atoms with Gasteiger partial charge < -0.3 is 15.5 Å². The van der Waals surface area contributed by atoms with Gasteiger partial charge in [-0.2, -0.15) is 0 Å². The molecule has 2 N–H and O–H groups in total. The van der Waals surface area contributed by atoms with Crippen LogP contribution in [0.1, 0.15) is 45.4 Å². The molecular weight excluding hydrogens is 242 g/mol. The molecule has 0 radical (unpaired) electrons. The summed E-state index contributed by atoms with van der Waals surface area (Å²) in [5.41, 5.74) is 0. The van der Waals surface area contributed by atoms with Crippen molar-refractivity contribution in [3.05, 3.63) is 0 Å². The molecule has 2 fully saturated rings. The van der Waals surface area contributed by atoms with E-state index in [1.807, 2.05) is 11.8 Å². The highest BCUT2D eigenvalue weighted by Crippen LogP contribution is 2.11. The molecule has 0 aliphatic carbocycles. The summed E-state index contributed by atoms with van der Waals surface area (Å²) in [4.78, 5) is 25.5. The Hall–Kier alpha value is -1.10. The Morgan fingerprint density at radius 3 is 3.00 bits per heavy atom. The van der Waals surface area contributed by atoms with Crippen LogP contribution in [0.3, 0.4) is 0 Å². The summed E-state index contributed by atoms with van der Waals surface area (Å²) in [6, 6.07) is -0.0289. The van der Waals surface area contributed by atoms with Gasteiger partial charge in [0.2, 0.25) is 11.8 Å². The predicted octanol–water partition coefficient (Wildman–Crippen LogP) is 0.646. The maximum Gasteiger partial charge on any atom is 0.237 e. The fraction of sp³-hybridized carbons (Fsp3) is 0.857. The lowest BCUT2D eigenvalue weighted by atomic mass is 10.1. The third-order valence-corrected chi connectivity index (χ3v) is 3.93. The number of hydrogen-bond acceptors (Lipinski definition) is 3. The second kappa shape index (κ2) is 6.89. The van der Waals surface area contributed by atoms with Gasteiger partial charge in [-0.15, -0.1) is 0 Å². The third-order valence-electron chi connectivity index (χ3n) is 3.93. The zero-order valence-corrected chi connectivity index (χ0v) is 11.8. The molecule has 0 aromatic rings. The Morgan fingerprint density at radius 1 is 1.42 bits per heavy atom. The zero-order chi connectivity index (χ0) is 13.7. The molecule has 0 aromatic carbocycles. The van der Waals surface area contributed by atoms with Gasteiger partial charge in [-0.25, -0.2) is 0 Å². The van der Waals surface area contributed by atoms with Crippen LogP contribution in [0.5, 0.6) is 0 Å². The van der Waals surface area contributed by atoms with Gasteiger partial charge in [-0.1, -0.05) is 12.8 Å². The van der Waals surface area contributed by atoms with Gasteiger partial charge in [0.15, 0.2) is 0 Å². The molecule has 2 heterocycles. The fourth-order valence-electron chi connectivity index (χ4n) is 2.87. The van der Waals surface area contributed by atoms with Crippen molar-refractivity contribution in [2.45, 2.75) is 57.5 Å². The minimum Gasteiger partial charge on any atom is -0.351 e. The molecule has 2 saturated heterocycles. The summed E-state index contributed by atoms with van der Waals surface area (Å²) in [6.45, 7) is 4.37. The Bertz CT molecular complexity index is 325. The van der Waals surface area contributed by atoms with Crippen molar-refractivity contribution in [3.63, 3.8) is 0 Å². The first-order valence-corrected chi connectivity index (χ1v) is 7.48. The SMILES string of the molecule is CC(CN1CCCC1=O)NC(=O)C1CCCCCN1. The van der Waals surface area contributed by atoms with Gasteiger partial charge in [-0.05, 0) is 32.7 Å². The summed E-state index contributed by atoms with van der Waals surface area (Å²) in [6.07, 6.45) is 6.00. The Balaban J connectivity index is 1.75. The molecule has 19 heavy (non-hydrogen) atoms. The minimum absolute atomic E-state index is 0.0274. The van der Waals surface area contributed by atoms with Crippen LogP contribution in [-0.4, -0.2) is 48.4 Å². The Labute approximate surface area is 115 Å². The monoisotopic (exact) mass is 267 g/mol. The summed E-state index contributed by atoms with van der Waals surface area (Å²) in [5.74, 6) is 0.301. The number of carbonyl (C=O) groups is 2. The van der Waals surface area contributed by atoms with Crippen molar-refractivity contribution in [2.75, 3.05) is 19.6 Å². The van der Waals surface area contributed by atoms with E-state index in [4.69, 9.17) is 0 Å². The smallest absolute Gasteiger partial charge is 0.237 e. The third kappa shape index (κ3) is 4.20. The molecule has 0 saturated carbocycles. The van der Waals surface area contributed by atoms with E-state index in [1.54, 1.807) is 0 Å². The van der Waals surface area contributed by atoms with Crippen LogP contribution in [0.15, 0.2) is 0 Å². The van der Waals surface area contributed by atoms with E-state index < -0.39 is 0 Å². The molecule has 2 aliphatic rings. The van der Waals surface area contributed by atoms with E-state index in [1.165, 1.54) is 6.42 Å². The number of rotatable bonds is 4. The molecule has 0 spiro atoms. The molecule has 5 heteroatoms. The normalized spacial score (nSPS) is 26.1. The average molecular weight is 267 g/mol. The number of hydrogen-bond donors (Lipinski definition) is 2. The lowest BCUT2D eigenvalue weighted by Gasteiger charge is -2.24. The zero-order valence-electron chi connectivity index (χ0n) is 11.8. The van der Waals surface area contributed by atoms with Gasteiger partial charge in [0.05, 0.1) is 6.04 Å². The van der Waals surface area contributed by atoms with Gasteiger partial charge in [-0.3, -0.25) is 9.59 Å².